The summed E-state index contributed by atoms with van der Waals surface area (Å²) in [6, 6.07) is 3.81. The van der Waals surface area contributed by atoms with E-state index in [1.165, 1.54) is 0 Å². The van der Waals surface area contributed by atoms with Crippen molar-refractivity contribution >= 4 is 53.8 Å². The van der Waals surface area contributed by atoms with E-state index < -0.39 is 0 Å². The van der Waals surface area contributed by atoms with Gasteiger partial charge >= 0.3 is 5.97 Å². The summed E-state index contributed by atoms with van der Waals surface area (Å²) >= 11 is 10.2. The Morgan fingerprint density at radius 1 is 1.21 bits per heavy atom. The highest BCUT2D eigenvalue weighted by molar-refractivity contribution is 9.11. The smallest absolute Gasteiger partial charge is 0.333 e. The van der Waals surface area contributed by atoms with Crippen molar-refractivity contribution in [3.8, 4) is 5.75 Å². The summed E-state index contributed by atoms with van der Waals surface area (Å²) in [4.78, 5) is 11.1. The van der Waals surface area contributed by atoms with Gasteiger partial charge in [-0.05, 0) is 50.9 Å². The third kappa shape index (κ3) is 5.67. The molecule has 0 bridgehead atoms. The molecule has 0 unspecified atom stereocenters. The lowest BCUT2D eigenvalue weighted by Gasteiger charge is -2.11. The number of carbonyl (C=O) groups excluding carboxylic acids is 1. The molecule has 0 radical (unpaired) electrons. The number of rotatable bonds is 6. The SMILES string of the molecule is C=C(C)C(=O)OCCCOc1c(Br)cc(Br)cc1Br. The Morgan fingerprint density at radius 2 is 1.79 bits per heavy atom. The largest absolute Gasteiger partial charge is 0.491 e. The Kier molecular flexibility index (Phi) is 7.10. The van der Waals surface area contributed by atoms with Crippen LogP contribution in [-0.2, 0) is 9.53 Å². The second kappa shape index (κ2) is 8.07. The third-order valence-corrected chi connectivity index (χ3v) is 3.72. The zero-order valence-electron chi connectivity index (χ0n) is 10.3. The standard InChI is InChI=1S/C13H13Br3O3/c1-8(2)13(17)19-5-3-4-18-12-10(15)6-9(14)7-11(12)16/h6-7H,1,3-5H2,2H3. The lowest BCUT2D eigenvalue weighted by atomic mass is 10.3. The van der Waals surface area contributed by atoms with Crippen LogP contribution in [0.15, 0.2) is 37.7 Å². The number of benzene rings is 1. The molecule has 3 nitrogen and oxygen atoms in total. The number of hydrogen-bond donors (Lipinski definition) is 0. The maximum atomic E-state index is 11.1. The van der Waals surface area contributed by atoms with Crippen LogP contribution in [-0.4, -0.2) is 19.2 Å². The molecular formula is C13H13Br3O3. The first-order valence-corrected chi connectivity index (χ1v) is 7.89. The molecule has 0 saturated carbocycles. The fraction of sp³-hybridized carbons (Fsp3) is 0.308. The molecule has 0 spiro atoms. The van der Waals surface area contributed by atoms with Crippen molar-refractivity contribution in [1.82, 2.24) is 0 Å². The molecule has 104 valence electrons. The molecule has 0 aliphatic carbocycles. The van der Waals surface area contributed by atoms with Crippen molar-refractivity contribution in [2.45, 2.75) is 13.3 Å². The molecular weight excluding hydrogens is 444 g/mol. The third-order valence-electron chi connectivity index (χ3n) is 2.08. The molecule has 0 atom stereocenters. The minimum atomic E-state index is -0.369. The summed E-state index contributed by atoms with van der Waals surface area (Å²) in [5.74, 6) is 0.362. The molecule has 1 aromatic carbocycles. The van der Waals surface area contributed by atoms with Crippen LogP contribution >= 0.6 is 47.8 Å². The monoisotopic (exact) mass is 454 g/mol. The van der Waals surface area contributed by atoms with E-state index in [9.17, 15) is 4.79 Å². The second-order valence-electron chi connectivity index (χ2n) is 3.82. The Bertz CT molecular complexity index is 463. The van der Waals surface area contributed by atoms with Gasteiger partial charge in [-0.25, -0.2) is 4.79 Å². The average Bonchev–Trinajstić information content (AvgIpc) is 2.30. The maximum absolute atomic E-state index is 11.1. The quantitative estimate of drug-likeness (QED) is 0.348. The lowest BCUT2D eigenvalue weighted by Crippen LogP contribution is -2.09. The normalized spacial score (nSPS) is 10.1. The minimum Gasteiger partial charge on any atom is -0.491 e. The van der Waals surface area contributed by atoms with E-state index >= 15 is 0 Å². The van der Waals surface area contributed by atoms with Gasteiger partial charge in [-0.3, -0.25) is 0 Å². The summed E-state index contributed by atoms with van der Waals surface area (Å²) < 4.78 is 13.3. The molecule has 1 rings (SSSR count). The molecule has 0 aliphatic heterocycles. The van der Waals surface area contributed by atoms with E-state index in [-0.39, 0.29) is 5.97 Å². The molecule has 6 heteroatoms. The van der Waals surface area contributed by atoms with E-state index in [0.717, 1.165) is 19.2 Å². The minimum absolute atomic E-state index is 0.317. The number of hydrogen-bond acceptors (Lipinski definition) is 3. The van der Waals surface area contributed by atoms with E-state index in [0.29, 0.717) is 25.2 Å². The predicted octanol–water partition coefficient (Wildman–Crippen LogP) is 4.86. The highest BCUT2D eigenvalue weighted by Crippen LogP contribution is 2.36. The first-order chi connectivity index (χ1) is 8.91. The van der Waals surface area contributed by atoms with Crippen LogP contribution in [0.5, 0.6) is 5.75 Å². The fourth-order valence-electron chi connectivity index (χ4n) is 1.19. The summed E-state index contributed by atoms with van der Waals surface area (Å²) in [5.41, 5.74) is 0.402. The van der Waals surface area contributed by atoms with Crippen LogP contribution < -0.4 is 4.74 Å². The number of carbonyl (C=O) groups is 1. The summed E-state index contributed by atoms with van der Waals surface area (Å²) in [6.07, 6.45) is 0.619. The molecule has 0 heterocycles. The Labute approximate surface area is 137 Å². The molecule has 0 saturated heterocycles. The van der Waals surface area contributed by atoms with E-state index in [4.69, 9.17) is 9.47 Å². The number of esters is 1. The molecule has 0 amide bonds. The van der Waals surface area contributed by atoms with Crippen molar-refractivity contribution in [2.75, 3.05) is 13.2 Å². The van der Waals surface area contributed by atoms with Gasteiger partial charge in [-0.1, -0.05) is 22.5 Å². The van der Waals surface area contributed by atoms with Crippen molar-refractivity contribution in [2.24, 2.45) is 0 Å². The van der Waals surface area contributed by atoms with E-state index in [2.05, 4.69) is 54.4 Å². The molecule has 0 fully saturated rings. The highest BCUT2D eigenvalue weighted by Gasteiger charge is 2.08. The van der Waals surface area contributed by atoms with Crippen molar-refractivity contribution in [3.05, 3.63) is 37.7 Å². The van der Waals surface area contributed by atoms with Crippen LogP contribution in [0.1, 0.15) is 13.3 Å². The average molecular weight is 457 g/mol. The van der Waals surface area contributed by atoms with Gasteiger partial charge in [0.1, 0.15) is 5.75 Å². The lowest BCUT2D eigenvalue weighted by molar-refractivity contribution is -0.139. The van der Waals surface area contributed by atoms with Gasteiger partial charge in [0.25, 0.3) is 0 Å². The molecule has 1 aromatic rings. The summed E-state index contributed by atoms with van der Waals surface area (Å²) in [5, 5.41) is 0. The van der Waals surface area contributed by atoms with Crippen molar-refractivity contribution in [3.63, 3.8) is 0 Å². The maximum Gasteiger partial charge on any atom is 0.333 e. The zero-order valence-corrected chi connectivity index (χ0v) is 15.1. The fourth-order valence-corrected chi connectivity index (χ4v) is 3.68. The molecule has 0 aliphatic rings. The summed E-state index contributed by atoms with van der Waals surface area (Å²) in [6.45, 7) is 5.91. The van der Waals surface area contributed by atoms with E-state index in [1.54, 1.807) is 6.92 Å². The van der Waals surface area contributed by atoms with Gasteiger partial charge in [-0.15, -0.1) is 0 Å². The second-order valence-corrected chi connectivity index (χ2v) is 6.44. The van der Waals surface area contributed by atoms with Gasteiger partial charge < -0.3 is 9.47 Å². The molecule has 0 N–H and O–H groups in total. The van der Waals surface area contributed by atoms with Crippen LogP contribution in [0, 0.1) is 0 Å². The molecule has 19 heavy (non-hydrogen) atoms. The van der Waals surface area contributed by atoms with E-state index in [1.807, 2.05) is 12.1 Å². The van der Waals surface area contributed by atoms with Crippen LogP contribution in [0.25, 0.3) is 0 Å². The van der Waals surface area contributed by atoms with Crippen molar-refractivity contribution in [1.29, 1.82) is 0 Å². The van der Waals surface area contributed by atoms with Crippen LogP contribution in [0.3, 0.4) is 0 Å². The van der Waals surface area contributed by atoms with Crippen molar-refractivity contribution < 1.29 is 14.3 Å². The Morgan fingerprint density at radius 3 is 2.32 bits per heavy atom. The highest BCUT2D eigenvalue weighted by atomic mass is 79.9. The summed E-state index contributed by atoms with van der Waals surface area (Å²) in [7, 11) is 0. The van der Waals surface area contributed by atoms with Gasteiger partial charge in [0, 0.05) is 16.5 Å². The number of ether oxygens (including phenoxy) is 2. The Balaban J connectivity index is 2.38. The van der Waals surface area contributed by atoms with Gasteiger partial charge in [0.05, 0.1) is 22.2 Å². The van der Waals surface area contributed by atoms with Gasteiger partial charge in [0.2, 0.25) is 0 Å². The topological polar surface area (TPSA) is 35.5 Å². The molecule has 0 aromatic heterocycles. The van der Waals surface area contributed by atoms with Crippen LogP contribution in [0.4, 0.5) is 0 Å². The van der Waals surface area contributed by atoms with Gasteiger partial charge in [-0.2, -0.15) is 0 Å². The Hall–Kier alpha value is -0.330. The van der Waals surface area contributed by atoms with Crippen LogP contribution in [0.2, 0.25) is 0 Å². The first kappa shape index (κ1) is 16.7. The number of halogens is 3. The van der Waals surface area contributed by atoms with Gasteiger partial charge in [0.15, 0.2) is 0 Å². The zero-order chi connectivity index (χ0) is 14.4. The predicted molar refractivity (Wildman–Crippen MR) is 85.4 cm³/mol. The first-order valence-electron chi connectivity index (χ1n) is 5.51.